The molecule has 5 nitrogen and oxygen atoms in total. The molecule has 2 aromatic rings. The first-order valence-electron chi connectivity index (χ1n) is 7.50. The molecule has 2 aromatic carbocycles. The third-order valence-electron chi connectivity index (χ3n) is 3.24. The van der Waals surface area contributed by atoms with Crippen LogP contribution >= 0.6 is 47.0 Å². The first-order valence-corrected chi connectivity index (χ1v) is 9.05. The van der Waals surface area contributed by atoms with E-state index in [0.717, 1.165) is 5.56 Å². The maximum atomic E-state index is 12.2. The molecule has 1 amide bonds. The molecule has 1 atom stereocenters. The Kier molecular flexibility index (Phi) is 7.34. The van der Waals surface area contributed by atoms with Gasteiger partial charge in [0.25, 0.3) is 0 Å². The zero-order valence-corrected chi connectivity index (χ0v) is 16.5. The lowest BCUT2D eigenvalue weighted by Gasteiger charge is -2.27. The van der Waals surface area contributed by atoms with Crippen LogP contribution in [-0.4, -0.2) is 26.1 Å². The Morgan fingerprint density at radius 1 is 1.04 bits per heavy atom. The van der Waals surface area contributed by atoms with Gasteiger partial charge in [0, 0.05) is 5.69 Å². The normalized spacial score (nSPS) is 12.1. The Hall–Kier alpha value is -1.73. The van der Waals surface area contributed by atoms with E-state index < -0.39 is 9.96 Å². The van der Waals surface area contributed by atoms with Crippen LogP contribution < -0.4 is 16.0 Å². The van der Waals surface area contributed by atoms with Gasteiger partial charge in [0.15, 0.2) is 5.11 Å². The fraction of sp³-hybridized carbons (Fsp3) is 0.176. The molecule has 0 saturated carbocycles. The molecule has 2 rings (SSSR count). The Balaban J connectivity index is 1.97. The van der Waals surface area contributed by atoms with Crippen LogP contribution in [0.3, 0.4) is 0 Å². The summed E-state index contributed by atoms with van der Waals surface area (Å²) < 4.78 is -1.83. The number of hydrogen-bond donors (Lipinski definition) is 4. The van der Waals surface area contributed by atoms with E-state index in [1.807, 2.05) is 30.3 Å². The smallest absolute Gasteiger partial charge is 0.228 e. The lowest BCUT2D eigenvalue weighted by atomic mass is 10.1. The number of benzene rings is 2. The van der Waals surface area contributed by atoms with Crippen LogP contribution in [-0.2, 0) is 11.2 Å². The lowest BCUT2D eigenvalue weighted by molar-refractivity contribution is -0.121. The van der Waals surface area contributed by atoms with Crippen LogP contribution in [0, 0.1) is 0 Å². The first kappa shape index (κ1) is 20.6. The molecule has 0 bridgehead atoms. The van der Waals surface area contributed by atoms with E-state index in [1.54, 1.807) is 12.1 Å². The van der Waals surface area contributed by atoms with E-state index >= 15 is 0 Å². The molecule has 138 valence electrons. The fourth-order valence-corrected chi connectivity index (χ4v) is 2.60. The summed E-state index contributed by atoms with van der Waals surface area (Å²) >= 11 is 23.0. The van der Waals surface area contributed by atoms with Crippen molar-refractivity contribution in [1.82, 2.24) is 10.6 Å². The molecular weight excluding hydrogens is 417 g/mol. The summed E-state index contributed by atoms with van der Waals surface area (Å²) in [4.78, 5) is 12.2. The van der Waals surface area contributed by atoms with Gasteiger partial charge in [-0.05, 0) is 42.0 Å². The van der Waals surface area contributed by atoms with Crippen molar-refractivity contribution in [1.29, 1.82) is 0 Å². The SMILES string of the molecule is O=C(Cc1ccccc1)N[C@H](NC(=S)Nc1ccc(O)cc1)C(Cl)(Cl)Cl. The summed E-state index contributed by atoms with van der Waals surface area (Å²) in [6, 6.07) is 15.4. The van der Waals surface area contributed by atoms with E-state index in [1.165, 1.54) is 12.1 Å². The van der Waals surface area contributed by atoms with Crippen molar-refractivity contribution >= 4 is 63.7 Å². The number of nitrogens with one attached hydrogen (secondary N) is 3. The molecular formula is C17H16Cl3N3O2S. The van der Waals surface area contributed by atoms with Crippen molar-refractivity contribution in [2.24, 2.45) is 0 Å². The molecule has 0 spiro atoms. The van der Waals surface area contributed by atoms with Crippen molar-refractivity contribution < 1.29 is 9.90 Å². The van der Waals surface area contributed by atoms with Crippen LogP contribution in [0.4, 0.5) is 5.69 Å². The van der Waals surface area contributed by atoms with Gasteiger partial charge in [0.05, 0.1) is 6.42 Å². The highest BCUT2D eigenvalue weighted by molar-refractivity contribution is 7.80. The standard InChI is InChI=1S/C17H16Cl3N3O2S/c18-17(19,20)15(22-14(25)10-11-4-2-1-3-5-11)23-16(26)21-12-6-8-13(24)9-7-12/h1-9,15,24H,10H2,(H,22,25)(H2,21,23,26)/t15-/m1/s1. The molecule has 0 fully saturated rings. The van der Waals surface area contributed by atoms with Gasteiger partial charge in [0.2, 0.25) is 9.70 Å². The number of aromatic hydroxyl groups is 1. The topological polar surface area (TPSA) is 73.4 Å². The van der Waals surface area contributed by atoms with Crippen LogP contribution in [0.5, 0.6) is 5.75 Å². The number of carbonyl (C=O) groups is 1. The van der Waals surface area contributed by atoms with Gasteiger partial charge in [-0.3, -0.25) is 4.79 Å². The van der Waals surface area contributed by atoms with Gasteiger partial charge in [0.1, 0.15) is 11.9 Å². The average Bonchev–Trinajstić information content (AvgIpc) is 2.56. The summed E-state index contributed by atoms with van der Waals surface area (Å²) in [5, 5.41) is 17.7. The molecule has 0 saturated heterocycles. The minimum absolute atomic E-state index is 0.127. The highest BCUT2D eigenvalue weighted by Crippen LogP contribution is 2.29. The second-order valence-corrected chi connectivity index (χ2v) is 8.13. The average molecular weight is 433 g/mol. The number of halogens is 3. The summed E-state index contributed by atoms with van der Waals surface area (Å²) in [6.07, 6.45) is -0.904. The Morgan fingerprint density at radius 3 is 2.23 bits per heavy atom. The first-order chi connectivity index (χ1) is 12.2. The molecule has 4 N–H and O–H groups in total. The minimum atomic E-state index is -1.83. The number of thiocarbonyl (C=S) groups is 1. The predicted octanol–water partition coefficient (Wildman–Crippen LogP) is 3.73. The number of amides is 1. The second-order valence-electron chi connectivity index (χ2n) is 5.35. The van der Waals surface area contributed by atoms with E-state index in [9.17, 15) is 9.90 Å². The summed E-state index contributed by atoms with van der Waals surface area (Å²) in [5.41, 5.74) is 1.46. The van der Waals surface area contributed by atoms with Crippen molar-refractivity contribution in [3.05, 3.63) is 60.2 Å². The van der Waals surface area contributed by atoms with Gasteiger partial charge in [-0.1, -0.05) is 65.1 Å². The van der Waals surface area contributed by atoms with Crippen molar-refractivity contribution in [3.8, 4) is 5.75 Å². The zero-order chi connectivity index (χ0) is 19.2. The van der Waals surface area contributed by atoms with Gasteiger partial charge in [-0.2, -0.15) is 0 Å². The number of anilines is 1. The van der Waals surface area contributed by atoms with E-state index in [0.29, 0.717) is 5.69 Å². The highest BCUT2D eigenvalue weighted by atomic mass is 35.6. The molecule has 0 unspecified atom stereocenters. The monoisotopic (exact) mass is 431 g/mol. The van der Waals surface area contributed by atoms with Gasteiger partial charge in [-0.15, -0.1) is 0 Å². The summed E-state index contributed by atoms with van der Waals surface area (Å²) in [6.45, 7) is 0. The van der Waals surface area contributed by atoms with E-state index in [-0.39, 0.29) is 23.2 Å². The lowest BCUT2D eigenvalue weighted by Crippen LogP contribution is -2.56. The zero-order valence-electron chi connectivity index (χ0n) is 13.4. The van der Waals surface area contributed by atoms with E-state index in [2.05, 4.69) is 16.0 Å². The van der Waals surface area contributed by atoms with Gasteiger partial charge in [-0.25, -0.2) is 0 Å². The van der Waals surface area contributed by atoms with Crippen LogP contribution in [0.1, 0.15) is 5.56 Å². The number of phenols is 1. The van der Waals surface area contributed by atoms with Crippen molar-refractivity contribution in [2.75, 3.05) is 5.32 Å². The Morgan fingerprint density at radius 2 is 1.65 bits per heavy atom. The minimum Gasteiger partial charge on any atom is -0.508 e. The Bertz CT molecular complexity index is 752. The number of rotatable bonds is 5. The van der Waals surface area contributed by atoms with Crippen molar-refractivity contribution in [2.45, 2.75) is 16.4 Å². The maximum Gasteiger partial charge on any atom is 0.228 e. The molecule has 0 aliphatic rings. The molecule has 26 heavy (non-hydrogen) atoms. The van der Waals surface area contributed by atoms with Gasteiger partial charge < -0.3 is 21.1 Å². The van der Waals surface area contributed by atoms with Crippen LogP contribution in [0.25, 0.3) is 0 Å². The molecule has 0 aromatic heterocycles. The third kappa shape index (κ3) is 6.88. The molecule has 0 aliphatic heterocycles. The number of carbonyl (C=O) groups excluding carboxylic acids is 1. The highest BCUT2D eigenvalue weighted by Gasteiger charge is 2.34. The quantitative estimate of drug-likeness (QED) is 0.251. The largest absolute Gasteiger partial charge is 0.508 e. The number of phenolic OH excluding ortho intramolecular Hbond substituents is 1. The van der Waals surface area contributed by atoms with Crippen LogP contribution in [0.2, 0.25) is 0 Å². The molecule has 0 radical (unpaired) electrons. The van der Waals surface area contributed by atoms with E-state index in [4.69, 9.17) is 47.0 Å². The van der Waals surface area contributed by atoms with Gasteiger partial charge >= 0.3 is 0 Å². The molecule has 0 heterocycles. The number of hydrogen-bond acceptors (Lipinski definition) is 3. The van der Waals surface area contributed by atoms with Crippen molar-refractivity contribution in [3.63, 3.8) is 0 Å². The second kappa shape index (κ2) is 9.28. The summed E-state index contributed by atoms with van der Waals surface area (Å²) in [5.74, 6) is -0.200. The summed E-state index contributed by atoms with van der Waals surface area (Å²) in [7, 11) is 0. The van der Waals surface area contributed by atoms with Crippen LogP contribution in [0.15, 0.2) is 54.6 Å². The number of alkyl halides is 3. The molecule has 9 heteroatoms. The maximum absolute atomic E-state index is 12.2. The predicted molar refractivity (Wildman–Crippen MR) is 110 cm³/mol. The third-order valence-corrected chi connectivity index (χ3v) is 4.12. The fourth-order valence-electron chi connectivity index (χ4n) is 2.04. The molecule has 0 aliphatic carbocycles. The Labute approximate surface area is 171 Å².